The summed E-state index contributed by atoms with van der Waals surface area (Å²) < 4.78 is 0. The molecule has 14 heavy (non-hydrogen) atoms. The van der Waals surface area contributed by atoms with Gasteiger partial charge in [0.25, 0.3) is 0 Å². The molecule has 0 saturated carbocycles. The van der Waals surface area contributed by atoms with Gasteiger partial charge in [-0.3, -0.25) is 5.10 Å². The molecule has 0 radical (unpaired) electrons. The third-order valence-electron chi connectivity index (χ3n) is 3.90. The van der Waals surface area contributed by atoms with Crippen LogP contribution in [0.25, 0.3) is 0 Å². The molecular weight excluding hydrogens is 172 g/mol. The minimum absolute atomic E-state index is 0. The fourth-order valence-electron chi connectivity index (χ4n) is 2.52. The lowest BCUT2D eigenvalue weighted by Crippen LogP contribution is -2.24. The average Bonchev–Trinajstić information content (AvgIpc) is 2.64. The van der Waals surface area contributed by atoms with Gasteiger partial charge in [-0.15, -0.1) is 0 Å². The van der Waals surface area contributed by atoms with Gasteiger partial charge in [-0.2, -0.15) is 5.10 Å². The Bertz CT molecular complexity index is 317. The van der Waals surface area contributed by atoms with Crippen LogP contribution in [-0.4, -0.2) is 10.2 Å². The van der Waals surface area contributed by atoms with Crippen LogP contribution in [-0.2, 0) is 6.42 Å². The fraction of sp³-hybridized carbons (Fsp3) is 0.750. The maximum atomic E-state index is 4.18. The first-order valence-electron chi connectivity index (χ1n) is 5.67. The van der Waals surface area contributed by atoms with Crippen molar-refractivity contribution in [1.82, 2.24) is 10.2 Å². The fourth-order valence-corrected chi connectivity index (χ4v) is 2.52. The minimum Gasteiger partial charge on any atom is -0.282 e. The molecule has 1 N–H and O–H groups in total. The highest BCUT2D eigenvalue weighted by Gasteiger charge is 2.33. The third-order valence-corrected chi connectivity index (χ3v) is 3.90. The predicted octanol–water partition coefficient (Wildman–Crippen LogP) is 3.51. The van der Waals surface area contributed by atoms with Gasteiger partial charge in [-0.25, -0.2) is 0 Å². The van der Waals surface area contributed by atoms with Gasteiger partial charge >= 0.3 is 0 Å². The Kier molecular flexibility index (Phi) is 2.38. The van der Waals surface area contributed by atoms with Crippen molar-refractivity contribution < 1.29 is 1.43 Å². The average molecular weight is 194 g/mol. The van der Waals surface area contributed by atoms with Gasteiger partial charge in [0.1, 0.15) is 0 Å². The van der Waals surface area contributed by atoms with Gasteiger partial charge in [-0.1, -0.05) is 27.2 Å². The van der Waals surface area contributed by atoms with Gasteiger partial charge in [0, 0.05) is 7.12 Å². The molecule has 0 amide bonds. The van der Waals surface area contributed by atoms with E-state index in [1.807, 2.05) is 6.20 Å². The number of nitrogens with zero attached hydrogens (tertiary/aromatic N) is 1. The van der Waals surface area contributed by atoms with E-state index in [-0.39, 0.29) is 1.43 Å². The lowest BCUT2D eigenvalue weighted by Gasteiger charge is -2.36. The molecule has 1 unspecified atom stereocenters. The Morgan fingerprint density at radius 3 is 3.14 bits per heavy atom. The Morgan fingerprint density at radius 1 is 1.64 bits per heavy atom. The summed E-state index contributed by atoms with van der Waals surface area (Å²) in [5.41, 5.74) is 3.27. The van der Waals surface area contributed by atoms with E-state index in [1.54, 1.807) is 0 Å². The van der Waals surface area contributed by atoms with Crippen molar-refractivity contribution in [2.24, 2.45) is 5.41 Å². The highest BCUT2D eigenvalue weighted by molar-refractivity contribution is 5.26. The Morgan fingerprint density at radius 2 is 2.43 bits per heavy atom. The van der Waals surface area contributed by atoms with Crippen LogP contribution in [0.4, 0.5) is 0 Å². The predicted molar refractivity (Wildman–Crippen MR) is 60.5 cm³/mol. The van der Waals surface area contributed by atoms with Crippen LogP contribution in [0.2, 0.25) is 0 Å². The van der Waals surface area contributed by atoms with Crippen LogP contribution in [0.15, 0.2) is 6.20 Å². The molecule has 0 fully saturated rings. The van der Waals surface area contributed by atoms with Gasteiger partial charge in [0.05, 0.1) is 6.20 Å². The maximum Gasteiger partial charge on any atom is 0.0525 e. The lowest BCUT2D eigenvalue weighted by molar-refractivity contribution is 0.249. The van der Waals surface area contributed by atoms with Crippen LogP contribution in [0, 0.1) is 5.41 Å². The number of aromatic nitrogens is 2. The van der Waals surface area contributed by atoms with Crippen molar-refractivity contribution in [3.05, 3.63) is 17.5 Å². The molecule has 0 aliphatic heterocycles. The molecule has 1 aliphatic carbocycles. The number of rotatable bonds is 2. The molecule has 1 aromatic heterocycles. The van der Waals surface area contributed by atoms with Gasteiger partial charge in [0.15, 0.2) is 0 Å². The Labute approximate surface area is 87.6 Å². The first-order valence-corrected chi connectivity index (χ1v) is 5.67. The van der Waals surface area contributed by atoms with Crippen LogP contribution in [0.5, 0.6) is 0 Å². The van der Waals surface area contributed by atoms with E-state index in [1.165, 1.54) is 36.9 Å². The van der Waals surface area contributed by atoms with E-state index in [0.717, 1.165) is 0 Å². The summed E-state index contributed by atoms with van der Waals surface area (Å²) in [5.74, 6) is 0.704. The van der Waals surface area contributed by atoms with E-state index in [2.05, 4.69) is 31.0 Å². The highest BCUT2D eigenvalue weighted by atomic mass is 15.1. The molecule has 0 spiro atoms. The van der Waals surface area contributed by atoms with Crippen LogP contribution < -0.4 is 0 Å². The molecule has 1 aromatic rings. The number of hydrogen-bond donors (Lipinski definition) is 1. The number of aromatic amines is 1. The largest absolute Gasteiger partial charge is 0.282 e. The maximum absolute atomic E-state index is 4.18. The molecule has 1 aliphatic rings. The Balaban J connectivity index is 0.00000112. The van der Waals surface area contributed by atoms with E-state index < -0.39 is 0 Å². The van der Waals surface area contributed by atoms with Crippen molar-refractivity contribution in [2.75, 3.05) is 0 Å². The molecule has 0 bridgehead atoms. The topological polar surface area (TPSA) is 28.7 Å². The number of nitrogens with one attached hydrogen (secondary N) is 1. The standard InChI is InChI=1S/C12H20N2.H2/c1-4-12(2,3)10-6-5-7-11-9(10)8-13-14-11;/h8,10H,4-7H2,1-3H3,(H,13,14);1H. The zero-order valence-electron chi connectivity index (χ0n) is 9.43. The van der Waals surface area contributed by atoms with E-state index in [0.29, 0.717) is 11.3 Å². The van der Waals surface area contributed by atoms with E-state index >= 15 is 0 Å². The summed E-state index contributed by atoms with van der Waals surface area (Å²) in [4.78, 5) is 0. The van der Waals surface area contributed by atoms with Crippen LogP contribution in [0.1, 0.15) is 58.6 Å². The SMILES string of the molecule is CCC(C)(C)C1CCCc2[nH]ncc21.[HH]. The smallest absolute Gasteiger partial charge is 0.0525 e. The summed E-state index contributed by atoms with van der Waals surface area (Å²) in [5, 5.41) is 7.31. The number of hydrogen-bond acceptors (Lipinski definition) is 1. The second-order valence-corrected chi connectivity index (χ2v) is 5.09. The van der Waals surface area contributed by atoms with Crippen LogP contribution >= 0.6 is 0 Å². The molecular formula is C12H22N2. The zero-order valence-corrected chi connectivity index (χ0v) is 9.43. The second-order valence-electron chi connectivity index (χ2n) is 5.09. The lowest BCUT2D eigenvalue weighted by atomic mass is 9.69. The van der Waals surface area contributed by atoms with Gasteiger partial charge < -0.3 is 0 Å². The summed E-state index contributed by atoms with van der Waals surface area (Å²) >= 11 is 0. The van der Waals surface area contributed by atoms with E-state index in [9.17, 15) is 0 Å². The minimum atomic E-state index is 0. The monoisotopic (exact) mass is 194 g/mol. The third kappa shape index (κ3) is 1.47. The molecule has 1 heterocycles. The molecule has 2 nitrogen and oxygen atoms in total. The highest BCUT2D eigenvalue weighted by Crippen LogP contribution is 2.44. The molecule has 2 rings (SSSR count). The first-order chi connectivity index (χ1) is 6.65. The second kappa shape index (κ2) is 3.41. The molecule has 0 aromatic carbocycles. The summed E-state index contributed by atoms with van der Waals surface area (Å²) in [6.45, 7) is 7.04. The van der Waals surface area contributed by atoms with Crippen molar-refractivity contribution in [2.45, 2.75) is 52.4 Å². The summed E-state index contributed by atoms with van der Waals surface area (Å²) in [6, 6.07) is 0. The molecule has 1 atom stereocenters. The molecule has 80 valence electrons. The van der Waals surface area contributed by atoms with Crippen molar-refractivity contribution in [3.8, 4) is 0 Å². The molecule has 2 heteroatoms. The van der Waals surface area contributed by atoms with Crippen LogP contribution in [0.3, 0.4) is 0 Å². The Hall–Kier alpha value is -0.790. The van der Waals surface area contributed by atoms with E-state index in [4.69, 9.17) is 0 Å². The van der Waals surface area contributed by atoms with Gasteiger partial charge in [-0.05, 0) is 36.2 Å². The summed E-state index contributed by atoms with van der Waals surface area (Å²) in [7, 11) is 0. The van der Waals surface area contributed by atoms with Crippen molar-refractivity contribution in [3.63, 3.8) is 0 Å². The number of fused-ring (bicyclic) bond motifs is 1. The number of H-pyrrole nitrogens is 1. The van der Waals surface area contributed by atoms with Crippen molar-refractivity contribution in [1.29, 1.82) is 0 Å². The normalized spacial score (nSPS) is 22.1. The first kappa shape index (κ1) is 9.75. The quantitative estimate of drug-likeness (QED) is 0.766. The van der Waals surface area contributed by atoms with Gasteiger partial charge in [0.2, 0.25) is 0 Å². The number of aryl methyl sites for hydroxylation is 1. The van der Waals surface area contributed by atoms with Crippen molar-refractivity contribution >= 4 is 0 Å². The summed E-state index contributed by atoms with van der Waals surface area (Å²) in [6.07, 6.45) is 7.10. The zero-order chi connectivity index (χ0) is 10.2. The molecule has 0 saturated heterocycles.